The quantitative estimate of drug-likeness (QED) is 0.257. The molecular weight excluding hydrogens is 512 g/mol. The Morgan fingerprint density at radius 2 is 1.20 bits per heavy atom. The molecule has 1 saturated carbocycles. The molecule has 0 aromatic heterocycles. The van der Waals surface area contributed by atoms with E-state index in [2.05, 4.69) is 13.8 Å². The minimum absolute atomic E-state index is 0.121. The molecule has 2 aromatic carbocycles. The van der Waals surface area contributed by atoms with E-state index in [1.54, 1.807) is 24.3 Å². The number of hydrogen-bond acceptors (Lipinski definition) is 8. The summed E-state index contributed by atoms with van der Waals surface area (Å²) in [6.45, 7) is 9.21. The lowest BCUT2D eigenvalue weighted by molar-refractivity contribution is -0.145. The van der Waals surface area contributed by atoms with Crippen molar-refractivity contribution in [3.8, 4) is 17.2 Å². The highest BCUT2D eigenvalue weighted by Crippen LogP contribution is 2.33. The molecule has 0 radical (unpaired) electrons. The van der Waals surface area contributed by atoms with E-state index < -0.39 is 0 Å². The van der Waals surface area contributed by atoms with Crippen LogP contribution in [0.15, 0.2) is 48.5 Å². The molecule has 2 saturated heterocycles. The van der Waals surface area contributed by atoms with Gasteiger partial charge in [-0.15, -0.1) is 0 Å². The van der Waals surface area contributed by atoms with E-state index in [4.69, 9.17) is 28.4 Å². The summed E-state index contributed by atoms with van der Waals surface area (Å²) in [4.78, 5) is 25.5. The second-order valence-electron chi connectivity index (χ2n) is 12.2. The van der Waals surface area contributed by atoms with E-state index in [9.17, 15) is 9.59 Å². The van der Waals surface area contributed by atoms with Gasteiger partial charge in [-0.05, 0) is 74.1 Å². The van der Waals surface area contributed by atoms with Gasteiger partial charge in [0.2, 0.25) is 0 Å². The average molecular weight is 553 g/mol. The lowest BCUT2D eigenvalue weighted by Gasteiger charge is -2.37. The Hall–Kier alpha value is -2.94. The van der Waals surface area contributed by atoms with Crippen molar-refractivity contribution in [2.75, 3.05) is 39.6 Å². The zero-order chi connectivity index (χ0) is 28.0. The molecule has 3 aliphatic rings. The third kappa shape index (κ3) is 7.62. The summed E-state index contributed by atoms with van der Waals surface area (Å²) < 4.78 is 33.4. The van der Waals surface area contributed by atoms with Crippen LogP contribution in [0.1, 0.15) is 51.5 Å². The summed E-state index contributed by atoms with van der Waals surface area (Å²) in [5.74, 6) is 0.825. The van der Waals surface area contributed by atoms with Crippen molar-refractivity contribution < 1.29 is 38.0 Å². The van der Waals surface area contributed by atoms with E-state index in [1.807, 2.05) is 24.3 Å². The standard InChI is InChI=1S/C32H40O8/c1-31(18-36-19-31)15-16-38-26-11-13-28(14-12-26)40-30(34)25-7-5-24(6-8-25)29(33)39-27-9-3-23(4-10-27)17-35-20-32(2)21-37-22-32/h3-4,9-14,24-25H,5-8,15-22H2,1-2H3. The number of rotatable bonds is 12. The van der Waals surface area contributed by atoms with Gasteiger partial charge in [-0.2, -0.15) is 0 Å². The smallest absolute Gasteiger partial charge is 0.314 e. The van der Waals surface area contributed by atoms with E-state index in [0.29, 0.717) is 57.0 Å². The van der Waals surface area contributed by atoms with Crippen LogP contribution in [0.25, 0.3) is 0 Å². The number of hydrogen-bond donors (Lipinski definition) is 0. The number of esters is 2. The van der Waals surface area contributed by atoms with Crippen molar-refractivity contribution in [2.24, 2.45) is 22.7 Å². The average Bonchev–Trinajstić information content (AvgIpc) is 2.93. The van der Waals surface area contributed by atoms with Crippen LogP contribution in [-0.2, 0) is 30.4 Å². The molecule has 0 unspecified atom stereocenters. The monoisotopic (exact) mass is 552 g/mol. The van der Waals surface area contributed by atoms with E-state index >= 15 is 0 Å². The summed E-state index contributed by atoms with van der Waals surface area (Å²) in [5, 5.41) is 0. The van der Waals surface area contributed by atoms with Gasteiger partial charge in [0, 0.05) is 10.8 Å². The normalized spacial score (nSPS) is 22.9. The zero-order valence-electron chi connectivity index (χ0n) is 23.5. The molecule has 5 rings (SSSR count). The van der Waals surface area contributed by atoms with Crippen LogP contribution in [0.2, 0.25) is 0 Å². The predicted molar refractivity (Wildman–Crippen MR) is 147 cm³/mol. The van der Waals surface area contributed by atoms with E-state index in [0.717, 1.165) is 44.2 Å². The Bertz CT molecular complexity index is 1040. The largest absolute Gasteiger partial charge is 0.494 e. The third-order valence-electron chi connectivity index (χ3n) is 8.07. The summed E-state index contributed by atoms with van der Waals surface area (Å²) in [7, 11) is 0. The van der Waals surface area contributed by atoms with Crippen molar-refractivity contribution in [3.05, 3.63) is 54.1 Å². The number of carbonyl (C=O) groups is 2. The Morgan fingerprint density at radius 1 is 0.725 bits per heavy atom. The fourth-order valence-corrected chi connectivity index (χ4v) is 5.18. The minimum Gasteiger partial charge on any atom is -0.494 e. The molecule has 2 aliphatic heterocycles. The second kappa shape index (κ2) is 12.7. The molecule has 216 valence electrons. The van der Waals surface area contributed by atoms with Crippen LogP contribution < -0.4 is 14.2 Å². The van der Waals surface area contributed by atoms with Crippen LogP contribution in [0.5, 0.6) is 17.2 Å². The topological polar surface area (TPSA) is 89.5 Å². The fourth-order valence-electron chi connectivity index (χ4n) is 5.18. The van der Waals surface area contributed by atoms with Crippen LogP contribution in [0.4, 0.5) is 0 Å². The first-order chi connectivity index (χ1) is 19.3. The van der Waals surface area contributed by atoms with Gasteiger partial charge in [-0.25, -0.2) is 0 Å². The molecule has 2 aromatic rings. The second-order valence-corrected chi connectivity index (χ2v) is 12.2. The van der Waals surface area contributed by atoms with Crippen molar-refractivity contribution in [1.29, 1.82) is 0 Å². The highest BCUT2D eigenvalue weighted by atomic mass is 16.5. The Labute approximate surface area is 236 Å². The first-order valence-corrected chi connectivity index (χ1v) is 14.3. The molecule has 1 aliphatic carbocycles. The number of benzene rings is 2. The molecule has 0 atom stereocenters. The third-order valence-corrected chi connectivity index (χ3v) is 8.07. The molecular formula is C32H40O8. The van der Waals surface area contributed by atoms with Gasteiger partial charge in [-0.1, -0.05) is 26.0 Å². The first kappa shape index (κ1) is 28.6. The molecule has 40 heavy (non-hydrogen) atoms. The zero-order valence-corrected chi connectivity index (χ0v) is 23.5. The highest BCUT2D eigenvalue weighted by Gasteiger charge is 2.34. The van der Waals surface area contributed by atoms with Gasteiger partial charge >= 0.3 is 11.9 Å². The van der Waals surface area contributed by atoms with Gasteiger partial charge in [0.15, 0.2) is 0 Å². The van der Waals surface area contributed by atoms with Gasteiger partial charge in [0.25, 0.3) is 0 Å². The lowest BCUT2D eigenvalue weighted by atomic mass is 9.82. The van der Waals surface area contributed by atoms with Gasteiger partial charge in [0.05, 0.1) is 58.1 Å². The van der Waals surface area contributed by atoms with Crippen LogP contribution >= 0.6 is 0 Å². The molecule has 0 amide bonds. The van der Waals surface area contributed by atoms with E-state index in [1.165, 1.54) is 0 Å². The summed E-state index contributed by atoms with van der Waals surface area (Å²) >= 11 is 0. The van der Waals surface area contributed by atoms with E-state index in [-0.39, 0.29) is 34.6 Å². The Morgan fingerprint density at radius 3 is 1.68 bits per heavy atom. The SMILES string of the molecule is CC1(CCOc2ccc(OC(=O)C3CCC(C(=O)Oc4ccc(COCC5(C)COC5)cc4)CC3)cc2)COC1. The molecule has 0 bridgehead atoms. The number of ether oxygens (including phenoxy) is 6. The summed E-state index contributed by atoms with van der Waals surface area (Å²) in [6.07, 6.45) is 3.34. The van der Waals surface area contributed by atoms with Crippen molar-refractivity contribution in [2.45, 2.75) is 52.6 Å². The summed E-state index contributed by atoms with van der Waals surface area (Å²) in [6, 6.07) is 14.6. The van der Waals surface area contributed by atoms with Crippen LogP contribution in [-0.4, -0.2) is 51.6 Å². The lowest BCUT2D eigenvalue weighted by Crippen LogP contribution is -2.43. The Kier molecular flexibility index (Phi) is 9.08. The van der Waals surface area contributed by atoms with Gasteiger partial charge in [0.1, 0.15) is 17.2 Å². The van der Waals surface area contributed by atoms with Crippen molar-refractivity contribution in [1.82, 2.24) is 0 Å². The van der Waals surface area contributed by atoms with Crippen molar-refractivity contribution >= 4 is 11.9 Å². The molecule has 0 spiro atoms. The molecule has 8 heteroatoms. The van der Waals surface area contributed by atoms with Crippen molar-refractivity contribution in [3.63, 3.8) is 0 Å². The van der Waals surface area contributed by atoms with Crippen LogP contribution in [0.3, 0.4) is 0 Å². The molecule has 8 nitrogen and oxygen atoms in total. The van der Waals surface area contributed by atoms with Crippen LogP contribution in [0, 0.1) is 22.7 Å². The molecule has 3 fully saturated rings. The van der Waals surface area contributed by atoms with Gasteiger partial charge < -0.3 is 28.4 Å². The highest BCUT2D eigenvalue weighted by molar-refractivity contribution is 5.77. The fraction of sp³-hybridized carbons (Fsp3) is 0.562. The maximum atomic E-state index is 12.7. The first-order valence-electron chi connectivity index (χ1n) is 14.3. The molecule has 2 heterocycles. The van der Waals surface area contributed by atoms with Gasteiger partial charge in [-0.3, -0.25) is 9.59 Å². The Balaban J connectivity index is 0.991. The number of carbonyl (C=O) groups excluding carboxylic acids is 2. The maximum Gasteiger partial charge on any atom is 0.314 e. The minimum atomic E-state index is -0.255. The summed E-state index contributed by atoms with van der Waals surface area (Å²) in [5.41, 5.74) is 1.37. The molecule has 0 N–H and O–H groups in total. The maximum absolute atomic E-state index is 12.7. The predicted octanol–water partition coefficient (Wildman–Crippen LogP) is 5.36.